The lowest BCUT2D eigenvalue weighted by Gasteiger charge is -2.16. The Kier molecular flexibility index (Phi) is 4.74. The summed E-state index contributed by atoms with van der Waals surface area (Å²) >= 11 is 10.7. The quantitative estimate of drug-likeness (QED) is 0.410. The molecule has 0 atom stereocenters. The van der Waals surface area contributed by atoms with Crippen LogP contribution in [0.4, 0.5) is 0 Å². The second-order valence-electron chi connectivity index (χ2n) is 4.24. The van der Waals surface area contributed by atoms with E-state index in [0.29, 0.717) is 5.56 Å². The van der Waals surface area contributed by atoms with E-state index in [2.05, 4.69) is 10.6 Å². The predicted octanol–water partition coefficient (Wildman–Crippen LogP) is 0.118. The molecule has 1 aliphatic rings. The molecule has 1 aliphatic heterocycles. The van der Waals surface area contributed by atoms with Gasteiger partial charge in [-0.25, -0.2) is 0 Å². The molecule has 7 nitrogen and oxygen atoms in total. The summed E-state index contributed by atoms with van der Waals surface area (Å²) < 4.78 is 5.10. The normalized spacial score (nSPS) is 14.2. The van der Waals surface area contributed by atoms with Gasteiger partial charge in [0.15, 0.2) is 11.7 Å². The van der Waals surface area contributed by atoms with Crippen LogP contribution in [0.2, 0.25) is 5.02 Å². The number of benzene rings is 1. The van der Waals surface area contributed by atoms with Crippen molar-refractivity contribution in [2.45, 2.75) is 0 Å². The van der Waals surface area contributed by atoms with Crippen molar-refractivity contribution < 1.29 is 19.1 Å². The number of nitrogens with two attached hydrogens (primary N) is 1. The topological polar surface area (TPSA) is 111 Å². The van der Waals surface area contributed by atoms with Gasteiger partial charge in [0.2, 0.25) is 0 Å². The van der Waals surface area contributed by atoms with Gasteiger partial charge in [0.1, 0.15) is 11.3 Å². The Hall–Kier alpha value is -2.45. The number of hydrogen-bond donors (Lipinski definition) is 3. The molecule has 4 N–H and O–H groups in total. The molecule has 3 amide bonds. The molecule has 0 unspecified atom stereocenters. The lowest BCUT2D eigenvalue weighted by Crippen LogP contribution is -2.51. The molecule has 1 aromatic carbocycles. The number of thiocarbonyl (C=S) groups is 1. The maximum Gasteiger partial charge on any atom is 0.263 e. The molecule has 22 heavy (non-hydrogen) atoms. The van der Waals surface area contributed by atoms with Crippen LogP contribution in [0.3, 0.4) is 0 Å². The minimum atomic E-state index is -0.631. The van der Waals surface area contributed by atoms with E-state index in [1.54, 1.807) is 6.07 Å². The van der Waals surface area contributed by atoms with Gasteiger partial charge in [0.25, 0.3) is 17.7 Å². The van der Waals surface area contributed by atoms with Crippen LogP contribution in [0.15, 0.2) is 23.8 Å². The van der Waals surface area contributed by atoms with Crippen molar-refractivity contribution in [3.63, 3.8) is 0 Å². The number of hydrogen-bond acceptors (Lipinski definition) is 5. The summed E-state index contributed by atoms with van der Waals surface area (Å²) in [5, 5.41) is 4.81. The molecule has 0 spiro atoms. The van der Waals surface area contributed by atoms with Gasteiger partial charge in [-0.05, 0) is 36.0 Å². The second-order valence-corrected chi connectivity index (χ2v) is 5.06. The molecule has 114 valence electrons. The highest BCUT2D eigenvalue weighted by atomic mass is 35.5. The molecule has 0 bridgehead atoms. The van der Waals surface area contributed by atoms with Crippen LogP contribution in [0.1, 0.15) is 5.56 Å². The highest BCUT2D eigenvalue weighted by Crippen LogP contribution is 2.26. The third-order valence-corrected chi connectivity index (χ3v) is 3.08. The van der Waals surface area contributed by atoms with Crippen molar-refractivity contribution in [3.8, 4) is 5.75 Å². The molecule has 0 aromatic heterocycles. The first-order valence-electron chi connectivity index (χ1n) is 5.96. The number of halogens is 1. The number of carbonyl (C=O) groups is 3. The molecule has 0 radical (unpaired) electrons. The molecule has 0 saturated carbocycles. The summed E-state index contributed by atoms with van der Waals surface area (Å²) in [5.41, 5.74) is 5.37. The van der Waals surface area contributed by atoms with Crippen molar-refractivity contribution in [2.75, 3.05) is 6.61 Å². The van der Waals surface area contributed by atoms with E-state index >= 15 is 0 Å². The number of ether oxygens (including phenoxy) is 1. The predicted molar refractivity (Wildman–Crippen MR) is 83.0 cm³/mol. The van der Waals surface area contributed by atoms with Gasteiger partial charge in [-0.1, -0.05) is 17.7 Å². The number of amides is 3. The monoisotopic (exact) mass is 339 g/mol. The van der Waals surface area contributed by atoms with Gasteiger partial charge in [0.05, 0.1) is 5.02 Å². The highest BCUT2D eigenvalue weighted by Gasteiger charge is 2.25. The second kappa shape index (κ2) is 6.54. The standard InChI is InChI=1S/C13H10ClN3O4S/c14-8-4-6(1-2-9(8)21-5-10(15)18)3-7-11(19)16-13(22)17-12(7)20/h1-4H,5H2,(H2,15,18)(H2,16,17,19,20,22). The van der Waals surface area contributed by atoms with E-state index in [9.17, 15) is 14.4 Å². The smallest absolute Gasteiger partial charge is 0.263 e. The van der Waals surface area contributed by atoms with Crippen LogP contribution in [-0.4, -0.2) is 29.4 Å². The number of nitrogens with one attached hydrogen (secondary N) is 2. The molecular weight excluding hydrogens is 330 g/mol. The first kappa shape index (κ1) is 15.9. The van der Waals surface area contributed by atoms with Gasteiger partial charge >= 0.3 is 0 Å². The van der Waals surface area contributed by atoms with E-state index < -0.39 is 17.7 Å². The zero-order valence-corrected chi connectivity index (χ0v) is 12.6. The Balaban J connectivity index is 2.23. The third kappa shape index (κ3) is 3.80. The van der Waals surface area contributed by atoms with E-state index in [1.165, 1.54) is 18.2 Å². The minimum Gasteiger partial charge on any atom is -0.482 e. The Bertz CT molecular complexity index is 695. The average Bonchev–Trinajstić information content (AvgIpc) is 2.41. The molecular formula is C13H10ClN3O4S. The Morgan fingerprint density at radius 3 is 2.50 bits per heavy atom. The SMILES string of the molecule is NC(=O)COc1ccc(C=C2C(=O)NC(=S)NC2=O)cc1Cl. The lowest BCUT2D eigenvalue weighted by atomic mass is 10.1. The lowest BCUT2D eigenvalue weighted by molar-refractivity contribution is -0.123. The average molecular weight is 340 g/mol. The number of carbonyl (C=O) groups excluding carboxylic acids is 3. The third-order valence-electron chi connectivity index (χ3n) is 2.58. The summed E-state index contributed by atoms with van der Waals surface area (Å²) in [4.78, 5) is 34.1. The summed E-state index contributed by atoms with van der Waals surface area (Å²) in [5.74, 6) is -1.56. The molecule has 1 fully saturated rings. The zero-order valence-electron chi connectivity index (χ0n) is 11.0. The molecule has 1 aromatic rings. The molecule has 2 rings (SSSR count). The van der Waals surface area contributed by atoms with Gasteiger partial charge < -0.3 is 10.5 Å². The summed E-state index contributed by atoms with van der Waals surface area (Å²) in [6, 6.07) is 4.56. The Morgan fingerprint density at radius 1 is 1.32 bits per heavy atom. The zero-order chi connectivity index (χ0) is 16.3. The van der Waals surface area contributed by atoms with E-state index in [1.807, 2.05) is 0 Å². The first-order chi connectivity index (χ1) is 10.4. The largest absolute Gasteiger partial charge is 0.482 e. The fraction of sp³-hybridized carbons (Fsp3) is 0.0769. The summed E-state index contributed by atoms with van der Waals surface area (Å²) in [7, 11) is 0. The summed E-state index contributed by atoms with van der Waals surface area (Å²) in [6.45, 7) is -0.303. The van der Waals surface area contributed by atoms with Crippen molar-refractivity contribution in [2.24, 2.45) is 5.73 Å². The van der Waals surface area contributed by atoms with Gasteiger partial charge in [-0.3, -0.25) is 25.0 Å². The fourth-order valence-corrected chi connectivity index (χ4v) is 2.07. The van der Waals surface area contributed by atoms with Crippen LogP contribution in [0.5, 0.6) is 5.75 Å². The van der Waals surface area contributed by atoms with E-state index in [-0.39, 0.29) is 28.1 Å². The van der Waals surface area contributed by atoms with E-state index in [4.69, 9.17) is 34.3 Å². The van der Waals surface area contributed by atoms with Crippen molar-refractivity contribution >= 4 is 52.7 Å². The van der Waals surface area contributed by atoms with Crippen LogP contribution in [0, 0.1) is 0 Å². The Morgan fingerprint density at radius 2 is 1.95 bits per heavy atom. The minimum absolute atomic E-state index is 0.0413. The van der Waals surface area contributed by atoms with Crippen LogP contribution in [-0.2, 0) is 14.4 Å². The Labute approximate surface area is 135 Å². The fourth-order valence-electron chi connectivity index (χ4n) is 1.65. The van der Waals surface area contributed by atoms with Crippen molar-refractivity contribution in [1.82, 2.24) is 10.6 Å². The van der Waals surface area contributed by atoms with Gasteiger partial charge in [0, 0.05) is 0 Å². The maximum absolute atomic E-state index is 11.7. The first-order valence-corrected chi connectivity index (χ1v) is 6.74. The molecule has 1 saturated heterocycles. The van der Waals surface area contributed by atoms with Crippen molar-refractivity contribution in [1.29, 1.82) is 0 Å². The molecule has 1 heterocycles. The number of primary amides is 1. The summed E-state index contributed by atoms with van der Waals surface area (Å²) in [6.07, 6.45) is 1.36. The highest BCUT2D eigenvalue weighted by molar-refractivity contribution is 7.80. The van der Waals surface area contributed by atoms with Gasteiger partial charge in [-0.2, -0.15) is 0 Å². The van der Waals surface area contributed by atoms with Crippen molar-refractivity contribution in [3.05, 3.63) is 34.4 Å². The molecule has 0 aliphatic carbocycles. The van der Waals surface area contributed by atoms with Crippen LogP contribution in [0.25, 0.3) is 6.08 Å². The molecule has 9 heteroatoms. The van der Waals surface area contributed by atoms with Crippen LogP contribution >= 0.6 is 23.8 Å². The van der Waals surface area contributed by atoms with Crippen LogP contribution < -0.4 is 21.1 Å². The maximum atomic E-state index is 11.7. The van der Waals surface area contributed by atoms with E-state index in [0.717, 1.165) is 0 Å². The van der Waals surface area contributed by atoms with Gasteiger partial charge in [-0.15, -0.1) is 0 Å². The number of rotatable bonds is 4.